The Hall–Kier alpha value is -2.64. The van der Waals surface area contributed by atoms with Gasteiger partial charge in [0.25, 0.3) is 5.91 Å². The lowest BCUT2D eigenvalue weighted by atomic mass is 10.1. The highest BCUT2D eigenvalue weighted by Crippen LogP contribution is 2.22. The third-order valence-electron chi connectivity index (χ3n) is 3.66. The van der Waals surface area contributed by atoms with E-state index in [4.69, 9.17) is 9.47 Å². The second-order valence-corrected chi connectivity index (χ2v) is 6.82. The number of rotatable bonds is 3. The zero-order valence-corrected chi connectivity index (χ0v) is 14.8. The summed E-state index contributed by atoms with van der Waals surface area (Å²) in [6.07, 6.45) is 2.68. The van der Waals surface area contributed by atoms with Gasteiger partial charge in [0.2, 0.25) is 0 Å². The van der Waals surface area contributed by atoms with Gasteiger partial charge in [-0.1, -0.05) is 0 Å². The lowest BCUT2D eigenvalue weighted by Crippen LogP contribution is -2.44. The highest BCUT2D eigenvalue weighted by Gasteiger charge is 2.42. The normalized spacial score (nSPS) is 20.1. The SMILES string of the molecule is COC(=O)C1CC(NC(=O)c2cccnc2)CN1C(=O)OC(C)(C)C. The number of aromatic nitrogens is 1. The number of methoxy groups -OCH3 is 1. The first-order valence-electron chi connectivity index (χ1n) is 7.99. The first-order valence-corrected chi connectivity index (χ1v) is 7.99. The Morgan fingerprint density at radius 1 is 1.32 bits per heavy atom. The van der Waals surface area contributed by atoms with E-state index in [1.165, 1.54) is 18.2 Å². The molecule has 136 valence electrons. The summed E-state index contributed by atoms with van der Waals surface area (Å²) in [7, 11) is 1.26. The van der Waals surface area contributed by atoms with E-state index >= 15 is 0 Å². The maximum Gasteiger partial charge on any atom is 0.411 e. The van der Waals surface area contributed by atoms with Crippen molar-refractivity contribution in [2.45, 2.75) is 44.9 Å². The fraction of sp³-hybridized carbons (Fsp3) is 0.529. The first kappa shape index (κ1) is 18.7. The molecule has 1 N–H and O–H groups in total. The van der Waals surface area contributed by atoms with Gasteiger partial charge in [-0.3, -0.25) is 14.7 Å². The van der Waals surface area contributed by atoms with Gasteiger partial charge in [0, 0.05) is 31.4 Å². The van der Waals surface area contributed by atoms with Gasteiger partial charge in [0.1, 0.15) is 11.6 Å². The van der Waals surface area contributed by atoms with Gasteiger partial charge in [0.05, 0.1) is 12.7 Å². The topological polar surface area (TPSA) is 97.8 Å². The predicted molar refractivity (Wildman–Crippen MR) is 88.9 cm³/mol. The predicted octanol–water partition coefficient (Wildman–Crippen LogP) is 1.36. The van der Waals surface area contributed by atoms with Gasteiger partial charge in [-0.25, -0.2) is 9.59 Å². The Balaban J connectivity index is 2.08. The third kappa shape index (κ3) is 4.91. The molecule has 0 radical (unpaired) electrons. The minimum Gasteiger partial charge on any atom is -0.467 e. The molecule has 25 heavy (non-hydrogen) atoms. The Morgan fingerprint density at radius 2 is 2.04 bits per heavy atom. The fourth-order valence-corrected chi connectivity index (χ4v) is 2.59. The van der Waals surface area contributed by atoms with E-state index in [0.29, 0.717) is 5.56 Å². The molecule has 8 nitrogen and oxygen atoms in total. The van der Waals surface area contributed by atoms with Gasteiger partial charge in [-0.05, 0) is 32.9 Å². The van der Waals surface area contributed by atoms with Gasteiger partial charge < -0.3 is 14.8 Å². The monoisotopic (exact) mass is 349 g/mol. The smallest absolute Gasteiger partial charge is 0.411 e. The number of hydrogen-bond acceptors (Lipinski definition) is 6. The van der Waals surface area contributed by atoms with Crippen molar-refractivity contribution in [2.24, 2.45) is 0 Å². The van der Waals surface area contributed by atoms with Crippen LogP contribution in [0.5, 0.6) is 0 Å². The maximum atomic E-state index is 12.4. The average Bonchev–Trinajstić information content (AvgIpc) is 2.97. The van der Waals surface area contributed by atoms with Crippen LogP contribution in [0.3, 0.4) is 0 Å². The van der Waals surface area contributed by atoms with Gasteiger partial charge in [-0.2, -0.15) is 0 Å². The largest absolute Gasteiger partial charge is 0.467 e. The number of hydrogen-bond donors (Lipinski definition) is 1. The molecule has 2 heterocycles. The van der Waals surface area contributed by atoms with E-state index in [1.807, 2.05) is 0 Å². The number of carbonyl (C=O) groups is 3. The number of likely N-dealkylation sites (tertiary alicyclic amines) is 1. The van der Waals surface area contributed by atoms with Crippen molar-refractivity contribution >= 4 is 18.0 Å². The molecule has 0 aromatic carbocycles. The Labute approximate surface area is 146 Å². The summed E-state index contributed by atoms with van der Waals surface area (Å²) in [5, 5.41) is 2.82. The molecule has 1 saturated heterocycles. The Bertz CT molecular complexity index is 641. The summed E-state index contributed by atoms with van der Waals surface area (Å²) in [4.78, 5) is 41.8. The van der Waals surface area contributed by atoms with Crippen molar-refractivity contribution in [3.05, 3.63) is 30.1 Å². The van der Waals surface area contributed by atoms with Crippen molar-refractivity contribution in [1.29, 1.82) is 0 Å². The summed E-state index contributed by atoms with van der Waals surface area (Å²) in [5.41, 5.74) is -0.276. The minimum atomic E-state index is -0.793. The van der Waals surface area contributed by atoms with Crippen LogP contribution in [0.15, 0.2) is 24.5 Å². The van der Waals surface area contributed by atoms with E-state index in [9.17, 15) is 14.4 Å². The van der Waals surface area contributed by atoms with Crippen molar-refractivity contribution in [3.8, 4) is 0 Å². The number of nitrogens with zero attached hydrogens (tertiary/aromatic N) is 2. The van der Waals surface area contributed by atoms with E-state index in [2.05, 4.69) is 10.3 Å². The lowest BCUT2D eigenvalue weighted by Gasteiger charge is -2.27. The van der Waals surface area contributed by atoms with Crippen molar-refractivity contribution in [1.82, 2.24) is 15.2 Å². The number of nitrogens with one attached hydrogen (secondary N) is 1. The standard InChI is InChI=1S/C17H23N3O5/c1-17(2,3)25-16(23)20-10-12(8-13(20)15(22)24-4)19-14(21)11-6-5-7-18-9-11/h5-7,9,12-13H,8,10H2,1-4H3,(H,19,21). The van der Waals surface area contributed by atoms with Crippen LogP contribution >= 0.6 is 0 Å². The number of amides is 2. The molecule has 1 aromatic heterocycles. The van der Waals surface area contributed by atoms with E-state index in [1.54, 1.807) is 39.1 Å². The summed E-state index contributed by atoms with van der Waals surface area (Å²) in [6.45, 7) is 5.40. The molecule has 1 aliphatic rings. The van der Waals surface area contributed by atoms with E-state index in [-0.39, 0.29) is 24.9 Å². The molecule has 0 saturated carbocycles. The van der Waals surface area contributed by atoms with Crippen molar-refractivity contribution < 1.29 is 23.9 Å². The molecule has 2 rings (SSSR count). The van der Waals surface area contributed by atoms with Crippen LogP contribution in [0, 0.1) is 0 Å². The second-order valence-electron chi connectivity index (χ2n) is 6.82. The molecule has 2 unspecified atom stereocenters. The molecular weight excluding hydrogens is 326 g/mol. The van der Waals surface area contributed by atoms with Crippen LogP contribution in [0.4, 0.5) is 4.79 Å². The fourth-order valence-electron chi connectivity index (χ4n) is 2.59. The number of esters is 1. The summed E-state index contributed by atoms with van der Waals surface area (Å²) >= 11 is 0. The van der Waals surface area contributed by atoms with Gasteiger partial charge in [-0.15, -0.1) is 0 Å². The van der Waals surface area contributed by atoms with E-state index in [0.717, 1.165) is 0 Å². The maximum absolute atomic E-state index is 12.4. The molecule has 2 atom stereocenters. The molecule has 8 heteroatoms. The molecular formula is C17H23N3O5. The van der Waals surface area contributed by atoms with Gasteiger partial charge >= 0.3 is 12.1 Å². The molecule has 0 aliphatic carbocycles. The number of ether oxygens (including phenoxy) is 2. The summed E-state index contributed by atoms with van der Waals surface area (Å²) < 4.78 is 10.1. The molecule has 0 bridgehead atoms. The molecule has 2 amide bonds. The van der Waals surface area contributed by atoms with Crippen LogP contribution in [0.1, 0.15) is 37.6 Å². The Kier molecular flexibility index (Phi) is 5.61. The zero-order chi connectivity index (χ0) is 18.6. The lowest BCUT2D eigenvalue weighted by molar-refractivity contribution is -0.145. The number of pyridine rings is 1. The van der Waals surface area contributed by atoms with Crippen LogP contribution < -0.4 is 5.32 Å². The molecule has 1 fully saturated rings. The third-order valence-corrected chi connectivity index (χ3v) is 3.66. The minimum absolute atomic E-state index is 0.167. The molecule has 0 spiro atoms. The van der Waals surface area contributed by atoms with Crippen LogP contribution in [0.25, 0.3) is 0 Å². The van der Waals surface area contributed by atoms with E-state index < -0.39 is 23.7 Å². The molecule has 1 aromatic rings. The van der Waals surface area contributed by atoms with Crippen LogP contribution in [-0.4, -0.2) is 59.2 Å². The van der Waals surface area contributed by atoms with Crippen molar-refractivity contribution in [2.75, 3.05) is 13.7 Å². The van der Waals surface area contributed by atoms with Crippen LogP contribution in [0.2, 0.25) is 0 Å². The summed E-state index contributed by atoms with van der Waals surface area (Å²) in [5.74, 6) is -0.850. The highest BCUT2D eigenvalue weighted by molar-refractivity contribution is 5.94. The first-order chi connectivity index (χ1) is 11.7. The van der Waals surface area contributed by atoms with Gasteiger partial charge in [0.15, 0.2) is 0 Å². The molecule has 1 aliphatic heterocycles. The average molecular weight is 349 g/mol. The summed E-state index contributed by atoms with van der Waals surface area (Å²) in [6, 6.07) is 2.12. The Morgan fingerprint density at radius 3 is 2.60 bits per heavy atom. The van der Waals surface area contributed by atoms with Crippen molar-refractivity contribution in [3.63, 3.8) is 0 Å². The second kappa shape index (κ2) is 7.50. The quantitative estimate of drug-likeness (QED) is 0.828. The van der Waals surface area contributed by atoms with Crippen LogP contribution in [-0.2, 0) is 14.3 Å². The zero-order valence-electron chi connectivity index (χ0n) is 14.8. The number of carbonyl (C=O) groups excluding carboxylic acids is 3. The highest BCUT2D eigenvalue weighted by atomic mass is 16.6.